The van der Waals surface area contributed by atoms with E-state index in [1.807, 2.05) is 6.07 Å². The zero-order valence-electron chi connectivity index (χ0n) is 16.7. The second kappa shape index (κ2) is 10.7. The van der Waals surface area contributed by atoms with Gasteiger partial charge >= 0.3 is 26.2 Å². The van der Waals surface area contributed by atoms with Crippen LogP contribution in [0.1, 0.15) is 48.6 Å². The summed E-state index contributed by atoms with van der Waals surface area (Å²) in [6.07, 6.45) is 1.05. The van der Waals surface area contributed by atoms with Gasteiger partial charge in [-0.3, -0.25) is 0 Å². The minimum Gasteiger partial charge on any atom is -1.00 e. The van der Waals surface area contributed by atoms with Crippen molar-refractivity contribution in [2.75, 3.05) is 0 Å². The van der Waals surface area contributed by atoms with Gasteiger partial charge in [0.2, 0.25) is 0 Å². The van der Waals surface area contributed by atoms with Crippen LogP contribution < -0.4 is 24.8 Å². The first-order valence-electron chi connectivity index (χ1n) is 8.68. The molecule has 0 aliphatic heterocycles. The quantitative estimate of drug-likeness (QED) is 0.322. The predicted octanol–water partition coefficient (Wildman–Crippen LogP) is 0.383. The monoisotopic (exact) mass is 474 g/mol. The Labute approximate surface area is 196 Å². The molecule has 0 saturated heterocycles. The molecule has 0 N–H and O–H groups in total. The summed E-state index contributed by atoms with van der Waals surface area (Å²) < 4.78 is 0. The van der Waals surface area contributed by atoms with E-state index in [0.29, 0.717) is 5.41 Å². The number of halogens is 2. The van der Waals surface area contributed by atoms with Gasteiger partial charge in [-0.25, -0.2) is 6.07 Å². The van der Waals surface area contributed by atoms with Crippen LogP contribution in [0.4, 0.5) is 0 Å². The zero-order valence-corrected chi connectivity index (χ0v) is 20.6. The van der Waals surface area contributed by atoms with Gasteiger partial charge < -0.3 is 24.8 Å². The van der Waals surface area contributed by atoms with Crippen molar-refractivity contribution in [1.82, 2.24) is 0 Å². The smallest absolute Gasteiger partial charge is 1.00 e. The first-order valence-corrected chi connectivity index (χ1v) is 8.68. The normalized spacial score (nSPS) is 10.9. The standard InChI is InChI=1S/C13H9.C11H17.2ClH.Zr/c1-3-7-12-10(5-1)9-11-6-2-4-8-13(11)12;1-8-6-9(2)10(7-8)11(3,4)5;;;/h1-5,7-8H,9H2;6-7H,1-5H3;2*1H;/q2*-1;;;+4/p-2. The Morgan fingerprint density at radius 3 is 2.11 bits per heavy atom. The van der Waals surface area contributed by atoms with Gasteiger partial charge in [0.25, 0.3) is 0 Å². The van der Waals surface area contributed by atoms with Gasteiger partial charge in [-0.05, 0) is 6.42 Å². The minimum atomic E-state index is 0. The van der Waals surface area contributed by atoms with Crippen molar-refractivity contribution >= 4 is 0 Å². The summed E-state index contributed by atoms with van der Waals surface area (Å²) in [5, 5.41) is 0. The molecule has 1 aliphatic carbocycles. The fourth-order valence-electron chi connectivity index (χ4n) is 3.61. The van der Waals surface area contributed by atoms with E-state index in [4.69, 9.17) is 0 Å². The molecular formula is C24H26Cl2Zr. The molecule has 1 aliphatic rings. The maximum atomic E-state index is 3.30. The number of benzene rings is 2. The molecule has 140 valence electrons. The Morgan fingerprint density at radius 2 is 1.56 bits per heavy atom. The number of hydrogen-bond acceptors (Lipinski definition) is 0. The Hall–Kier alpha value is -0.747. The van der Waals surface area contributed by atoms with E-state index in [1.165, 1.54) is 38.9 Å². The van der Waals surface area contributed by atoms with Crippen molar-refractivity contribution < 1.29 is 51.0 Å². The van der Waals surface area contributed by atoms with E-state index in [-0.39, 0.29) is 51.0 Å². The van der Waals surface area contributed by atoms with Crippen LogP contribution in [0.2, 0.25) is 0 Å². The molecule has 0 atom stereocenters. The predicted molar refractivity (Wildman–Crippen MR) is 104 cm³/mol. The summed E-state index contributed by atoms with van der Waals surface area (Å²) in [5.41, 5.74) is 10.1. The molecule has 3 heteroatoms. The molecule has 0 unspecified atom stereocenters. The summed E-state index contributed by atoms with van der Waals surface area (Å²) in [6, 6.07) is 22.6. The summed E-state index contributed by atoms with van der Waals surface area (Å²) in [7, 11) is 0. The molecule has 0 heterocycles. The average molecular weight is 477 g/mol. The fraction of sp³-hybridized carbons (Fsp3) is 0.292. The molecule has 3 aromatic rings. The van der Waals surface area contributed by atoms with Gasteiger partial charge in [-0.2, -0.15) is 52.6 Å². The van der Waals surface area contributed by atoms with Crippen LogP contribution in [0.25, 0.3) is 11.1 Å². The van der Waals surface area contributed by atoms with Gasteiger partial charge in [0.05, 0.1) is 0 Å². The fourth-order valence-corrected chi connectivity index (χ4v) is 3.61. The van der Waals surface area contributed by atoms with Crippen LogP contribution in [0.3, 0.4) is 0 Å². The van der Waals surface area contributed by atoms with Crippen molar-refractivity contribution in [3.05, 3.63) is 88.5 Å². The molecule has 3 aromatic carbocycles. The first-order chi connectivity index (χ1) is 11.4. The molecule has 0 bridgehead atoms. The van der Waals surface area contributed by atoms with Crippen LogP contribution in [0, 0.1) is 19.9 Å². The summed E-state index contributed by atoms with van der Waals surface area (Å²) in [6.45, 7) is 11.1. The Morgan fingerprint density at radius 1 is 0.926 bits per heavy atom. The summed E-state index contributed by atoms with van der Waals surface area (Å²) in [4.78, 5) is 0. The summed E-state index contributed by atoms with van der Waals surface area (Å²) >= 11 is 0. The SMILES string of the molecule is Cc1cc(C(C)(C)C)c(C)[cH-]1.[Cl-].[Cl-].[Zr+4].[c-]1cccc2c1Cc1ccccc1-2. The second-order valence-electron chi connectivity index (χ2n) is 7.78. The zero-order chi connectivity index (χ0) is 17.3. The van der Waals surface area contributed by atoms with Crippen LogP contribution >= 0.6 is 0 Å². The van der Waals surface area contributed by atoms with Crippen LogP contribution in [-0.2, 0) is 38.0 Å². The minimum absolute atomic E-state index is 0. The Bertz CT molecular complexity index is 813. The molecule has 4 rings (SSSR count). The topological polar surface area (TPSA) is 0 Å². The maximum absolute atomic E-state index is 3.30. The van der Waals surface area contributed by atoms with E-state index < -0.39 is 0 Å². The Balaban J connectivity index is 0.000000457. The van der Waals surface area contributed by atoms with Gasteiger partial charge in [0, 0.05) is 0 Å². The van der Waals surface area contributed by atoms with E-state index in [9.17, 15) is 0 Å². The Kier molecular flexibility index (Phi) is 10.4. The van der Waals surface area contributed by atoms with Gasteiger partial charge in [-0.15, -0.1) is 5.56 Å². The third-order valence-electron chi connectivity index (χ3n) is 4.67. The molecular weight excluding hydrogens is 450 g/mol. The largest absolute Gasteiger partial charge is 4.00 e. The molecule has 0 aromatic heterocycles. The van der Waals surface area contributed by atoms with Crippen LogP contribution in [0.5, 0.6) is 0 Å². The third kappa shape index (κ3) is 6.12. The molecule has 0 spiro atoms. The molecule has 0 saturated carbocycles. The van der Waals surface area contributed by atoms with E-state index in [0.717, 1.165) is 6.42 Å². The number of fused-ring (bicyclic) bond motifs is 3. The summed E-state index contributed by atoms with van der Waals surface area (Å²) in [5.74, 6) is 0. The maximum Gasteiger partial charge on any atom is 4.00 e. The second-order valence-corrected chi connectivity index (χ2v) is 7.78. The van der Waals surface area contributed by atoms with E-state index >= 15 is 0 Å². The van der Waals surface area contributed by atoms with Crippen molar-refractivity contribution in [3.8, 4) is 11.1 Å². The van der Waals surface area contributed by atoms with Gasteiger partial charge in [0.15, 0.2) is 0 Å². The van der Waals surface area contributed by atoms with Gasteiger partial charge in [-0.1, -0.05) is 75.4 Å². The van der Waals surface area contributed by atoms with E-state index in [2.05, 4.69) is 89.2 Å². The van der Waals surface area contributed by atoms with Crippen molar-refractivity contribution in [2.45, 2.75) is 46.5 Å². The molecule has 27 heavy (non-hydrogen) atoms. The van der Waals surface area contributed by atoms with Crippen LogP contribution in [-0.4, -0.2) is 0 Å². The first kappa shape index (κ1) is 26.3. The van der Waals surface area contributed by atoms with Gasteiger partial charge in [0.1, 0.15) is 0 Å². The number of rotatable bonds is 0. The molecule has 0 amide bonds. The number of aryl methyl sites for hydroxylation is 2. The van der Waals surface area contributed by atoms with Crippen molar-refractivity contribution in [2.24, 2.45) is 0 Å². The van der Waals surface area contributed by atoms with Crippen LogP contribution in [0.15, 0.2) is 54.6 Å². The molecule has 0 fully saturated rings. The third-order valence-corrected chi connectivity index (χ3v) is 4.67. The van der Waals surface area contributed by atoms with Crippen molar-refractivity contribution in [3.63, 3.8) is 0 Å². The number of hydrogen-bond donors (Lipinski definition) is 0. The molecule has 0 radical (unpaired) electrons. The average Bonchev–Trinajstić information content (AvgIpc) is 3.07. The molecule has 0 nitrogen and oxygen atoms in total. The van der Waals surface area contributed by atoms with Crippen molar-refractivity contribution in [1.29, 1.82) is 0 Å². The van der Waals surface area contributed by atoms with E-state index in [1.54, 1.807) is 0 Å².